The van der Waals surface area contributed by atoms with Crippen LogP contribution in [0.1, 0.15) is 22.7 Å². The first-order valence-corrected chi connectivity index (χ1v) is 13.5. The minimum Gasteiger partial charge on any atom is -0.493 e. The van der Waals surface area contributed by atoms with Crippen molar-refractivity contribution in [2.75, 3.05) is 33.4 Å². The second-order valence-corrected chi connectivity index (χ2v) is 9.73. The largest absolute Gasteiger partial charge is 0.493 e. The minimum absolute atomic E-state index is 0.0157. The van der Waals surface area contributed by atoms with Gasteiger partial charge in [-0.15, -0.1) is 0 Å². The van der Waals surface area contributed by atoms with Gasteiger partial charge < -0.3 is 33.9 Å². The van der Waals surface area contributed by atoms with Crippen molar-refractivity contribution in [1.82, 2.24) is 4.90 Å². The second-order valence-electron chi connectivity index (χ2n) is 9.73. The summed E-state index contributed by atoms with van der Waals surface area (Å²) in [6, 6.07) is 22.2. The number of nitrogens with one attached hydrogen (secondary N) is 1. The van der Waals surface area contributed by atoms with Gasteiger partial charge in [-0.3, -0.25) is 9.59 Å². The van der Waals surface area contributed by atoms with Crippen LogP contribution in [0.15, 0.2) is 84.9 Å². The van der Waals surface area contributed by atoms with Gasteiger partial charge in [0.1, 0.15) is 11.9 Å². The predicted octanol–water partition coefficient (Wildman–Crippen LogP) is 5.53. The molecule has 1 aliphatic rings. The first-order valence-electron chi connectivity index (χ1n) is 13.5. The van der Waals surface area contributed by atoms with Crippen molar-refractivity contribution < 1.29 is 37.7 Å². The molecule has 0 saturated carbocycles. The normalized spacial score (nSPS) is 12.3. The Morgan fingerprint density at radius 1 is 0.837 bits per heavy atom. The van der Waals surface area contributed by atoms with E-state index < -0.39 is 17.8 Å². The summed E-state index contributed by atoms with van der Waals surface area (Å²) in [6.45, 7) is 0.0993. The van der Waals surface area contributed by atoms with Crippen LogP contribution in [-0.4, -0.2) is 44.8 Å². The molecule has 0 aromatic heterocycles. The third-order valence-electron chi connectivity index (χ3n) is 6.99. The monoisotopic (exact) mass is 586 g/mol. The fraction of sp³-hybridized carbons (Fsp3) is 0.212. The van der Waals surface area contributed by atoms with Gasteiger partial charge in [-0.05, 0) is 53.1 Å². The van der Waals surface area contributed by atoms with E-state index in [2.05, 4.69) is 5.32 Å². The fourth-order valence-corrected chi connectivity index (χ4v) is 4.90. The molecule has 2 amide bonds. The maximum absolute atomic E-state index is 14.3. The lowest BCUT2D eigenvalue weighted by atomic mass is 10.00. The van der Waals surface area contributed by atoms with Crippen LogP contribution in [0.4, 0.5) is 10.1 Å². The van der Waals surface area contributed by atoms with Crippen molar-refractivity contribution >= 4 is 17.5 Å². The van der Waals surface area contributed by atoms with Crippen LogP contribution >= 0.6 is 0 Å². The number of hydrogen-bond donors (Lipinski definition) is 1. The summed E-state index contributed by atoms with van der Waals surface area (Å²) in [5.41, 5.74) is 2.27. The average Bonchev–Trinajstić information content (AvgIpc) is 3.49. The number of benzene rings is 4. The highest BCUT2D eigenvalue weighted by molar-refractivity contribution is 5.98. The van der Waals surface area contributed by atoms with Gasteiger partial charge in [-0.25, -0.2) is 4.39 Å². The molecule has 9 nitrogen and oxygen atoms in total. The zero-order chi connectivity index (χ0) is 30.3. The molecule has 4 aromatic carbocycles. The highest BCUT2D eigenvalue weighted by atomic mass is 19.1. The van der Waals surface area contributed by atoms with E-state index >= 15 is 0 Å². The molecular formula is C33H31FN2O7. The molecule has 4 aromatic rings. The molecule has 222 valence electrons. The summed E-state index contributed by atoms with van der Waals surface area (Å²) in [4.78, 5) is 29.8. The summed E-state index contributed by atoms with van der Waals surface area (Å²) in [5.74, 6) is 0.786. The Labute approximate surface area is 248 Å². The molecule has 0 aliphatic carbocycles. The number of anilines is 1. The molecule has 1 N–H and O–H groups in total. The summed E-state index contributed by atoms with van der Waals surface area (Å²) in [6.07, 6.45) is 0.0280. The van der Waals surface area contributed by atoms with Crippen LogP contribution in [0, 0.1) is 5.82 Å². The van der Waals surface area contributed by atoms with E-state index in [1.54, 1.807) is 42.5 Å². The molecule has 43 heavy (non-hydrogen) atoms. The number of methoxy groups -OCH3 is 3. The van der Waals surface area contributed by atoms with Crippen LogP contribution in [0.5, 0.6) is 28.7 Å². The molecule has 10 heteroatoms. The standard InChI is InChI=1S/C33H31FN2O7/c1-39-28-16-23(17-29(40-2)32(28)41-3)31(33(38)35-25-13-14-26-27(18-25)43-20-42-26)36(19-22-9-11-24(34)12-10-22)30(37)15-21-7-5-4-6-8-21/h4-14,16-18,31H,15,19-20H2,1-3H3,(H,35,38). The molecule has 1 unspecified atom stereocenters. The van der Waals surface area contributed by atoms with Gasteiger partial charge in [0.2, 0.25) is 18.4 Å². The fourth-order valence-electron chi connectivity index (χ4n) is 4.90. The predicted molar refractivity (Wildman–Crippen MR) is 157 cm³/mol. The van der Waals surface area contributed by atoms with Gasteiger partial charge in [0.05, 0.1) is 27.8 Å². The Kier molecular flexibility index (Phi) is 8.95. The third-order valence-corrected chi connectivity index (χ3v) is 6.99. The number of ether oxygens (including phenoxy) is 5. The SMILES string of the molecule is COc1cc(C(C(=O)Nc2ccc3c(c2)OCO3)N(Cc2ccc(F)cc2)C(=O)Cc2ccccc2)cc(OC)c1OC. The third kappa shape index (κ3) is 6.64. The maximum atomic E-state index is 14.3. The van der Waals surface area contributed by atoms with E-state index in [1.165, 1.54) is 38.4 Å². The molecule has 0 bridgehead atoms. The van der Waals surface area contributed by atoms with Crippen molar-refractivity contribution in [3.63, 3.8) is 0 Å². The number of hydrogen-bond acceptors (Lipinski definition) is 7. The van der Waals surface area contributed by atoms with Gasteiger partial charge in [-0.2, -0.15) is 0 Å². The van der Waals surface area contributed by atoms with Crippen molar-refractivity contribution in [3.05, 3.63) is 107 Å². The van der Waals surface area contributed by atoms with Gasteiger partial charge in [0.15, 0.2) is 23.0 Å². The lowest BCUT2D eigenvalue weighted by Crippen LogP contribution is -2.41. The van der Waals surface area contributed by atoms with Crippen molar-refractivity contribution in [1.29, 1.82) is 0 Å². The van der Waals surface area contributed by atoms with Crippen LogP contribution < -0.4 is 29.0 Å². The Balaban J connectivity index is 1.61. The number of nitrogens with zero attached hydrogens (tertiary/aromatic N) is 1. The molecule has 1 aliphatic heterocycles. The first kappa shape index (κ1) is 29.2. The van der Waals surface area contributed by atoms with E-state index in [4.69, 9.17) is 23.7 Å². The topological polar surface area (TPSA) is 95.6 Å². The molecule has 0 saturated heterocycles. The van der Waals surface area contributed by atoms with Gasteiger partial charge >= 0.3 is 0 Å². The molecule has 5 rings (SSSR count). The van der Waals surface area contributed by atoms with E-state index in [9.17, 15) is 14.0 Å². The number of carbonyl (C=O) groups is 2. The van der Waals surface area contributed by atoms with Crippen LogP contribution in [0.3, 0.4) is 0 Å². The lowest BCUT2D eigenvalue weighted by molar-refractivity contribution is -0.139. The zero-order valence-corrected chi connectivity index (χ0v) is 24.0. The molecular weight excluding hydrogens is 555 g/mol. The molecule has 1 heterocycles. The Bertz CT molecular complexity index is 1570. The van der Waals surface area contributed by atoms with Crippen LogP contribution in [-0.2, 0) is 22.6 Å². The van der Waals surface area contributed by atoms with E-state index in [1.807, 2.05) is 30.3 Å². The molecule has 0 fully saturated rings. The number of fused-ring (bicyclic) bond motifs is 1. The number of amides is 2. The van der Waals surface area contributed by atoms with Crippen molar-refractivity contribution in [2.24, 2.45) is 0 Å². The molecule has 0 radical (unpaired) electrons. The number of rotatable bonds is 11. The number of halogens is 1. The highest BCUT2D eigenvalue weighted by Gasteiger charge is 2.34. The highest BCUT2D eigenvalue weighted by Crippen LogP contribution is 2.42. The second kappa shape index (κ2) is 13.2. The Morgan fingerprint density at radius 2 is 1.51 bits per heavy atom. The zero-order valence-electron chi connectivity index (χ0n) is 24.0. The summed E-state index contributed by atoms with van der Waals surface area (Å²) >= 11 is 0. The number of carbonyl (C=O) groups excluding carboxylic acids is 2. The van der Waals surface area contributed by atoms with Crippen LogP contribution in [0.25, 0.3) is 0 Å². The lowest BCUT2D eigenvalue weighted by Gasteiger charge is -2.32. The van der Waals surface area contributed by atoms with E-state index in [-0.39, 0.29) is 25.7 Å². The van der Waals surface area contributed by atoms with E-state index in [0.717, 1.165) is 5.56 Å². The molecule has 1 atom stereocenters. The van der Waals surface area contributed by atoms with E-state index in [0.29, 0.717) is 45.6 Å². The summed E-state index contributed by atoms with van der Waals surface area (Å²) in [5, 5.41) is 2.93. The maximum Gasteiger partial charge on any atom is 0.251 e. The summed E-state index contributed by atoms with van der Waals surface area (Å²) in [7, 11) is 4.42. The van der Waals surface area contributed by atoms with Gasteiger partial charge in [0, 0.05) is 18.3 Å². The Hall–Kier alpha value is -5.25. The quantitative estimate of drug-likeness (QED) is 0.247. The minimum atomic E-state index is -1.17. The van der Waals surface area contributed by atoms with Gasteiger partial charge in [-0.1, -0.05) is 42.5 Å². The first-order chi connectivity index (χ1) is 20.9. The Morgan fingerprint density at radius 3 is 2.16 bits per heavy atom. The van der Waals surface area contributed by atoms with Crippen LogP contribution in [0.2, 0.25) is 0 Å². The van der Waals surface area contributed by atoms with Gasteiger partial charge in [0.25, 0.3) is 5.91 Å². The average molecular weight is 587 g/mol. The van der Waals surface area contributed by atoms with Crippen molar-refractivity contribution in [2.45, 2.75) is 19.0 Å². The summed E-state index contributed by atoms with van der Waals surface area (Å²) < 4.78 is 41.3. The van der Waals surface area contributed by atoms with Crippen molar-refractivity contribution in [3.8, 4) is 28.7 Å². The smallest absolute Gasteiger partial charge is 0.251 e. The molecule has 0 spiro atoms.